The van der Waals surface area contributed by atoms with E-state index in [0.717, 1.165) is 24.5 Å². The number of halogens is 1. The average molecular weight is 310 g/mol. The van der Waals surface area contributed by atoms with Gasteiger partial charge in [0, 0.05) is 17.6 Å². The van der Waals surface area contributed by atoms with Crippen molar-refractivity contribution < 1.29 is 9.53 Å². The summed E-state index contributed by atoms with van der Waals surface area (Å²) >= 11 is 6.05. The first kappa shape index (κ1) is 16.3. The number of piperidine rings is 1. The van der Waals surface area contributed by atoms with Crippen LogP contribution in [0.15, 0.2) is 24.3 Å². The number of ether oxygens (including phenoxy) is 1. The minimum atomic E-state index is -0.0898. The highest BCUT2D eigenvalue weighted by atomic mass is 35.5. The molecular formula is C17H24ClNO2. The van der Waals surface area contributed by atoms with Gasteiger partial charge < -0.3 is 4.74 Å². The standard InChI is InChI=1S/C17H24ClNO2/c1-13(2)21-17(20)11-16-8-3-4-9-19(16)12-14-6-5-7-15(18)10-14/h5-7,10,13,16H,3-4,8-9,11-12H2,1-2H3. The Morgan fingerprint density at radius 2 is 2.24 bits per heavy atom. The van der Waals surface area contributed by atoms with Crippen LogP contribution in [-0.4, -0.2) is 29.6 Å². The van der Waals surface area contributed by atoms with E-state index < -0.39 is 0 Å². The van der Waals surface area contributed by atoms with Crippen molar-refractivity contribution in [2.75, 3.05) is 6.54 Å². The maximum Gasteiger partial charge on any atom is 0.307 e. The molecule has 3 nitrogen and oxygen atoms in total. The van der Waals surface area contributed by atoms with Crippen molar-refractivity contribution in [2.24, 2.45) is 0 Å². The van der Waals surface area contributed by atoms with E-state index in [1.165, 1.54) is 18.4 Å². The van der Waals surface area contributed by atoms with Gasteiger partial charge in [0.15, 0.2) is 0 Å². The van der Waals surface area contributed by atoms with E-state index in [2.05, 4.69) is 11.0 Å². The lowest BCUT2D eigenvalue weighted by Gasteiger charge is -2.35. The lowest BCUT2D eigenvalue weighted by Crippen LogP contribution is -2.40. The van der Waals surface area contributed by atoms with Crippen molar-refractivity contribution in [1.82, 2.24) is 4.90 Å². The molecule has 21 heavy (non-hydrogen) atoms. The first-order valence-corrected chi connectivity index (χ1v) is 8.10. The molecule has 2 rings (SSSR count). The monoisotopic (exact) mass is 309 g/mol. The summed E-state index contributed by atoms with van der Waals surface area (Å²) in [5.41, 5.74) is 1.20. The van der Waals surface area contributed by atoms with Crippen LogP contribution < -0.4 is 0 Å². The van der Waals surface area contributed by atoms with E-state index in [-0.39, 0.29) is 18.1 Å². The molecule has 1 atom stereocenters. The molecule has 0 aromatic heterocycles. The molecule has 0 amide bonds. The molecule has 0 spiro atoms. The van der Waals surface area contributed by atoms with Gasteiger partial charge >= 0.3 is 5.97 Å². The van der Waals surface area contributed by atoms with Gasteiger partial charge in [0.2, 0.25) is 0 Å². The van der Waals surface area contributed by atoms with Gasteiger partial charge in [0.05, 0.1) is 12.5 Å². The minimum absolute atomic E-state index is 0.0394. The Morgan fingerprint density at radius 3 is 2.95 bits per heavy atom. The van der Waals surface area contributed by atoms with Crippen molar-refractivity contribution in [3.05, 3.63) is 34.9 Å². The number of rotatable bonds is 5. The average Bonchev–Trinajstić information content (AvgIpc) is 2.40. The van der Waals surface area contributed by atoms with E-state index in [1.54, 1.807) is 0 Å². The Kier molecular flexibility index (Phi) is 6.07. The van der Waals surface area contributed by atoms with Crippen LogP contribution in [0.5, 0.6) is 0 Å². The van der Waals surface area contributed by atoms with Crippen LogP contribution in [0, 0.1) is 0 Å². The Balaban J connectivity index is 1.96. The van der Waals surface area contributed by atoms with Gasteiger partial charge in [-0.05, 0) is 50.9 Å². The highest BCUT2D eigenvalue weighted by Crippen LogP contribution is 2.23. The maximum atomic E-state index is 11.9. The van der Waals surface area contributed by atoms with Crippen LogP contribution in [-0.2, 0) is 16.1 Å². The van der Waals surface area contributed by atoms with Gasteiger partial charge in [-0.1, -0.05) is 30.2 Å². The zero-order chi connectivity index (χ0) is 15.2. The van der Waals surface area contributed by atoms with Crippen molar-refractivity contribution in [1.29, 1.82) is 0 Å². The van der Waals surface area contributed by atoms with Crippen molar-refractivity contribution in [3.8, 4) is 0 Å². The maximum absolute atomic E-state index is 11.9. The summed E-state index contributed by atoms with van der Waals surface area (Å²) in [5, 5.41) is 0.764. The second kappa shape index (κ2) is 7.81. The number of esters is 1. The van der Waals surface area contributed by atoms with Crippen LogP contribution in [0.4, 0.5) is 0 Å². The normalized spacial score (nSPS) is 19.7. The molecule has 1 fully saturated rings. The first-order chi connectivity index (χ1) is 10.0. The quantitative estimate of drug-likeness (QED) is 0.769. The topological polar surface area (TPSA) is 29.5 Å². The van der Waals surface area contributed by atoms with E-state index in [4.69, 9.17) is 16.3 Å². The fourth-order valence-corrected chi connectivity index (χ4v) is 3.09. The molecule has 116 valence electrons. The van der Waals surface area contributed by atoms with Gasteiger partial charge in [0.1, 0.15) is 0 Å². The van der Waals surface area contributed by atoms with Crippen LogP contribution >= 0.6 is 11.6 Å². The molecule has 0 aliphatic carbocycles. The van der Waals surface area contributed by atoms with Crippen LogP contribution in [0.1, 0.15) is 45.1 Å². The van der Waals surface area contributed by atoms with Crippen LogP contribution in [0.3, 0.4) is 0 Å². The third kappa shape index (κ3) is 5.33. The molecular weight excluding hydrogens is 286 g/mol. The summed E-state index contributed by atoms with van der Waals surface area (Å²) in [7, 11) is 0. The minimum Gasteiger partial charge on any atom is -0.463 e. The van der Waals surface area contributed by atoms with Crippen molar-refractivity contribution in [2.45, 2.75) is 58.2 Å². The van der Waals surface area contributed by atoms with Gasteiger partial charge in [-0.25, -0.2) is 0 Å². The first-order valence-electron chi connectivity index (χ1n) is 7.72. The lowest BCUT2D eigenvalue weighted by atomic mass is 9.98. The van der Waals surface area contributed by atoms with E-state index in [1.807, 2.05) is 32.0 Å². The van der Waals surface area contributed by atoms with E-state index in [0.29, 0.717) is 6.42 Å². The number of nitrogens with zero attached hydrogens (tertiary/aromatic N) is 1. The number of carbonyl (C=O) groups is 1. The number of hydrogen-bond donors (Lipinski definition) is 0. The summed E-state index contributed by atoms with van der Waals surface area (Å²) in [6, 6.07) is 8.23. The van der Waals surface area contributed by atoms with Crippen molar-refractivity contribution >= 4 is 17.6 Å². The molecule has 1 saturated heterocycles. The smallest absolute Gasteiger partial charge is 0.307 e. The molecule has 1 aliphatic heterocycles. The number of likely N-dealkylation sites (tertiary alicyclic amines) is 1. The summed E-state index contributed by atoms with van der Waals surface area (Å²) in [5.74, 6) is -0.0898. The zero-order valence-corrected chi connectivity index (χ0v) is 13.6. The Bertz CT molecular complexity index is 476. The van der Waals surface area contributed by atoms with Gasteiger partial charge in [-0.3, -0.25) is 9.69 Å². The van der Waals surface area contributed by atoms with E-state index >= 15 is 0 Å². The predicted molar refractivity (Wildman–Crippen MR) is 85.3 cm³/mol. The van der Waals surface area contributed by atoms with Gasteiger partial charge in [-0.2, -0.15) is 0 Å². The number of hydrogen-bond acceptors (Lipinski definition) is 3. The Morgan fingerprint density at radius 1 is 1.43 bits per heavy atom. The third-order valence-electron chi connectivity index (χ3n) is 3.79. The highest BCUT2D eigenvalue weighted by molar-refractivity contribution is 6.30. The summed E-state index contributed by atoms with van der Waals surface area (Å²) in [6.45, 7) is 5.66. The molecule has 0 saturated carbocycles. The van der Waals surface area contributed by atoms with Gasteiger partial charge in [0.25, 0.3) is 0 Å². The van der Waals surface area contributed by atoms with E-state index in [9.17, 15) is 4.79 Å². The predicted octanol–water partition coefficient (Wildman–Crippen LogP) is 4.04. The molecule has 1 aromatic carbocycles. The summed E-state index contributed by atoms with van der Waals surface area (Å²) in [4.78, 5) is 14.3. The zero-order valence-electron chi connectivity index (χ0n) is 12.8. The lowest BCUT2D eigenvalue weighted by molar-refractivity contribution is -0.149. The Hall–Kier alpha value is -1.06. The molecule has 4 heteroatoms. The third-order valence-corrected chi connectivity index (χ3v) is 4.03. The number of benzene rings is 1. The second-order valence-electron chi connectivity index (χ2n) is 5.99. The fourth-order valence-electron chi connectivity index (χ4n) is 2.87. The number of carbonyl (C=O) groups excluding carboxylic acids is 1. The highest BCUT2D eigenvalue weighted by Gasteiger charge is 2.25. The molecule has 0 radical (unpaired) electrons. The largest absolute Gasteiger partial charge is 0.463 e. The Labute approximate surface area is 132 Å². The SMILES string of the molecule is CC(C)OC(=O)CC1CCCCN1Cc1cccc(Cl)c1. The molecule has 1 aliphatic rings. The van der Waals surface area contributed by atoms with Gasteiger partial charge in [-0.15, -0.1) is 0 Å². The molecule has 0 N–H and O–H groups in total. The molecule has 1 heterocycles. The summed E-state index contributed by atoms with van der Waals surface area (Å²) < 4.78 is 5.28. The van der Waals surface area contributed by atoms with Crippen LogP contribution in [0.25, 0.3) is 0 Å². The summed E-state index contributed by atoms with van der Waals surface area (Å²) in [6.07, 6.45) is 3.89. The molecule has 1 aromatic rings. The molecule has 1 unspecified atom stereocenters. The van der Waals surface area contributed by atoms with Crippen molar-refractivity contribution in [3.63, 3.8) is 0 Å². The fraction of sp³-hybridized carbons (Fsp3) is 0.588. The molecule has 0 bridgehead atoms. The van der Waals surface area contributed by atoms with Crippen LogP contribution in [0.2, 0.25) is 5.02 Å². The second-order valence-corrected chi connectivity index (χ2v) is 6.43.